The van der Waals surface area contributed by atoms with Crippen LogP contribution < -0.4 is 0 Å². The summed E-state index contributed by atoms with van der Waals surface area (Å²) in [5.74, 6) is -1.14. The van der Waals surface area contributed by atoms with Crippen LogP contribution in [0, 0.1) is 12.3 Å². The summed E-state index contributed by atoms with van der Waals surface area (Å²) in [7, 11) is 0. The zero-order valence-electron chi connectivity index (χ0n) is 12.7. The fourth-order valence-corrected chi connectivity index (χ4v) is 2.76. The van der Waals surface area contributed by atoms with Gasteiger partial charge in [0.15, 0.2) is 5.69 Å². The van der Waals surface area contributed by atoms with Crippen LogP contribution in [0.3, 0.4) is 0 Å². The van der Waals surface area contributed by atoms with Crippen LogP contribution in [0.4, 0.5) is 0 Å². The molecule has 0 atom stereocenters. The Labute approximate surface area is 132 Å². The first kappa shape index (κ1) is 16.5. The highest BCUT2D eigenvalue weighted by Crippen LogP contribution is 2.40. The highest BCUT2D eigenvalue weighted by Gasteiger charge is 2.47. The molecular formula is C14H20BrNO5. The van der Waals surface area contributed by atoms with E-state index in [1.165, 1.54) is 0 Å². The summed E-state index contributed by atoms with van der Waals surface area (Å²) in [4.78, 5) is 12.0. The van der Waals surface area contributed by atoms with Gasteiger partial charge in [-0.25, -0.2) is 4.79 Å². The van der Waals surface area contributed by atoms with Crippen LogP contribution >= 0.6 is 15.9 Å². The second-order valence-corrected chi connectivity index (χ2v) is 6.37. The fraction of sp³-hybridized carbons (Fsp3) is 0.714. The van der Waals surface area contributed by atoms with Crippen molar-refractivity contribution in [2.24, 2.45) is 5.41 Å². The number of ether oxygens (including phenoxy) is 3. The van der Waals surface area contributed by atoms with E-state index in [-0.39, 0.29) is 17.7 Å². The van der Waals surface area contributed by atoms with E-state index in [0.717, 1.165) is 0 Å². The number of aromatic nitrogens is 1. The lowest BCUT2D eigenvalue weighted by Gasteiger charge is -2.42. The van der Waals surface area contributed by atoms with Crippen LogP contribution in [0.5, 0.6) is 0 Å². The van der Waals surface area contributed by atoms with Gasteiger partial charge in [0, 0.05) is 5.41 Å². The number of nitrogens with zero attached hydrogens (tertiary/aromatic N) is 1. The van der Waals surface area contributed by atoms with Gasteiger partial charge in [0.05, 0.1) is 30.7 Å². The molecule has 21 heavy (non-hydrogen) atoms. The number of carbonyl (C=O) groups is 1. The van der Waals surface area contributed by atoms with Gasteiger partial charge in [0.1, 0.15) is 5.76 Å². The highest BCUT2D eigenvalue weighted by molar-refractivity contribution is 9.09. The van der Waals surface area contributed by atoms with E-state index >= 15 is 0 Å². The van der Waals surface area contributed by atoms with Crippen molar-refractivity contribution < 1.29 is 23.5 Å². The molecule has 118 valence electrons. The van der Waals surface area contributed by atoms with Crippen molar-refractivity contribution in [1.82, 2.24) is 5.16 Å². The summed E-state index contributed by atoms with van der Waals surface area (Å²) in [5, 5.41) is 4.17. The Morgan fingerprint density at radius 3 is 2.52 bits per heavy atom. The number of rotatable bonds is 4. The molecule has 0 amide bonds. The van der Waals surface area contributed by atoms with E-state index in [2.05, 4.69) is 34.9 Å². The third-order valence-electron chi connectivity index (χ3n) is 3.28. The van der Waals surface area contributed by atoms with Crippen LogP contribution in [0.25, 0.3) is 0 Å². The first-order valence-corrected chi connectivity index (χ1v) is 7.95. The molecule has 0 N–H and O–H groups in total. The molecular weight excluding hydrogens is 342 g/mol. The largest absolute Gasteiger partial charge is 0.461 e. The molecule has 0 aliphatic carbocycles. The summed E-state index contributed by atoms with van der Waals surface area (Å²) in [5.41, 5.74) is 0.516. The molecule has 1 aromatic heterocycles. The molecule has 2 rings (SSSR count). The number of esters is 1. The van der Waals surface area contributed by atoms with Gasteiger partial charge >= 0.3 is 5.97 Å². The predicted octanol–water partition coefficient (Wildman–Crippen LogP) is 2.78. The zero-order chi connectivity index (χ0) is 15.7. The molecule has 0 spiro atoms. The highest BCUT2D eigenvalue weighted by atomic mass is 79.9. The number of carbonyl (C=O) groups excluding carboxylic acids is 1. The minimum atomic E-state index is -1.08. The number of aryl methyl sites for hydroxylation is 1. The van der Waals surface area contributed by atoms with Crippen molar-refractivity contribution >= 4 is 21.9 Å². The number of alkyl halides is 1. The SMILES string of the molecule is CCOC(=O)c1noc(C)c1C1(CBr)OCC(C)(C)CO1. The molecule has 1 fully saturated rings. The Balaban J connectivity index is 2.39. The smallest absolute Gasteiger partial charge is 0.361 e. The van der Waals surface area contributed by atoms with E-state index < -0.39 is 11.8 Å². The lowest BCUT2D eigenvalue weighted by atomic mass is 9.93. The molecule has 0 saturated carbocycles. The first-order valence-electron chi connectivity index (χ1n) is 6.83. The topological polar surface area (TPSA) is 70.8 Å². The fourth-order valence-electron chi connectivity index (χ4n) is 2.16. The predicted molar refractivity (Wildman–Crippen MR) is 78.4 cm³/mol. The maximum absolute atomic E-state index is 12.0. The van der Waals surface area contributed by atoms with E-state index in [1.54, 1.807) is 13.8 Å². The summed E-state index contributed by atoms with van der Waals surface area (Å²) in [6, 6.07) is 0. The van der Waals surface area contributed by atoms with Gasteiger partial charge in [-0.15, -0.1) is 0 Å². The van der Waals surface area contributed by atoms with Gasteiger partial charge in [-0.05, 0) is 13.8 Å². The maximum atomic E-state index is 12.0. The van der Waals surface area contributed by atoms with E-state index in [0.29, 0.717) is 29.9 Å². The van der Waals surface area contributed by atoms with Gasteiger partial charge in [-0.1, -0.05) is 34.9 Å². The lowest BCUT2D eigenvalue weighted by Crippen LogP contribution is -2.47. The Morgan fingerprint density at radius 1 is 1.38 bits per heavy atom. The Morgan fingerprint density at radius 2 is 2.00 bits per heavy atom. The van der Waals surface area contributed by atoms with Crippen LogP contribution in [0.1, 0.15) is 42.6 Å². The number of halogens is 1. The Bertz CT molecular complexity index is 515. The standard InChI is InChI=1S/C14H20BrNO5/c1-5-18-12(17)11-10(9(2)21-16-11)14(6-15)19-7-13(3,4)8-20-14/h5-8H2,1-4H3. The molecule has 0 radical (unpaired) electrons. The summed E-state index contributed by atoms with van der Waals surface area (Å²) in [6.07, 6.45) is 0. The van der Waals surface area contributed by atoms with Gasteiger partial charge in [-0.2, -0.15) is 0 Å². The lowest BCUT2D eigenvalue weighted by molar-refractivity contribution is -0.294. The number of hydrogen-bond acceptors (Lipinski definition) is 6. The third-order valence-corrected chi connectivity index (χ3v) is 4.02. The van der Waals surface area contributed by atoms with E-state index in [9.17, 15) is 4.79 Å². The second kappa shape index (κ2) is 6.06. The monoisotopic (exact) mass is 361 g/mol. The van der Waals surface area contributed by atoms with Crippen molar-refractivity contribution in [3.63, 3.8) is 0 Å². The van der Waals surface area contributed by atoms with Gasteiger partial charge < -0.3 is 18.7 Å². The molecule has 1 aliphatic heterocycles. The molecule has 0 bridgehead atoms. The minimum absolute atomic E-state index is 0.0825. The summed E-state index contributed by atoms with van der Waals surface area (Å²) < 4.78 is 22.1. The quantitative estimate of drug-likeness (QED) is 0.606. The zero-order valence-corrected chi connectivity index (χ0v) is 14.3. The van der Waals surface area contributed by atoms with Gasteiger partial charge in [0.2, 0.25) is 5.79 Å². The molecule has 1 aromatic rings. The van der Waals surface area contributed by atoms with Gasteiger partial charge in [0.25, 0.3) is 0 Å². The maximum Gasteiger partial charge on any atom is 0.361 e. The summed E-state index contributed by atoms with van der Waals surface area (Å²) >= 11 is 3.41. The normalized spacial score (nSPS) is 20.2. The van der Waals surface area contributed by atoms with Crippen LogP contribution in [0.2, 0.25) is 0 Å². The van der Waals surface area contributed by atoms with E-state index in [4.69, 9.17) is 18.7 Å². The molecule has 2 heterocycles. The van der Waals surface area contributed by atoms with Crippen LogP contribution in [-0.4, -0.2) is 36.3 Å². The van der Waals surface area contributed by atoms with Crippen LogP contribution in [-0.2, 0) is 20.0 Å². The van der Waals surface area contributed by atoms with Crippen molar-refractivity contribution in [3.05, 3.63) is 17.0 Å². The summed E-state index contributed by atoms with van der Waals surface area (Å²) in [6.45, 7) is 8.84. The molecule has 0 unspecified atom stereocenters. The Hall–Kier alpha value is -0.920. The molecule has 6 nitrogen and oxygen atoms in total. The molecule has 7 heteroatoms. The molecule has 1 aliphatic rings. The molecule has 0 aromatic carbocycles. The first-order chi connectivity index (χ1) is 9.85. The minimum Gasteiger partial charge on any atom is -0.461 e. The second-order valence-electron chi connectivity index (χ2n) is 5.81. The average molecular weight is 362 g/mol. The van der Waals surface area contributed by atoms with Gasteiger partial charge in [-0.3, -0.25) is 0 Å². The number of hydrogen-bond donors (Lipinski definition) is 0. The van der Waals surface area contributed by atoms with Crippen molar-refractivity contribution in [1.29, 1.82) is 0 Å². The van der Waals surface area contributed by atoms with Crippen LogP contribution in [0.15, 0.2) is 4.52 Å². The van der Waals surface area contributed by atoms with Crippen molar-refractivity contribution in [3.8, 4) is 0 Å². The third kappa shape index (κ3) is 3.14. The molecule has 1 saturated heterocycles. The Kier molecular flexibility index (Phi) is 4.75. The van der Waals surface area contributed by atoms with E-state index in [1.807, 2.05) is 0 Å². The van der Waals surface area contributed by atoms with Crippen molar-refractivity contribution in [2.45, 2.75) is 33.5 Å². The average Bonchev–Trinajstić information content (AvgIpc) is 2.83. The van der Waals surface area contributed by atoms with Crippen molar-refractivity contribution in [2.75, 3.05) is 25.2 Å².